The van der Waals surface area contributed by atoms with E-state index < -0.39 is 30.3 Å². The smallest absolute Gasteiger partial charge is 0.412 e. The predicted octanol–water partition coefficient (Wildman–Crippen LogP) is 4.29. The first-order valence-electron chi connectivity index (χ1n) is 6.50. The maximum absolute atomic E-state index is 12.9. The highest BCUT2D eigenvalue weighted by Gasteiger charge is 2.40. The lowest BCUT2D eigenvalue weighted by Gasteiger charge is -2.21. The average Bonchev–Trinajstić information content (AvgIpc) is 2.28. The molecular formula is C14H18ClF3N2O2. The van der Waals surface area contributed by atoms with Gasteiger partial charge in [-0.2, -0.15) is 13.2 Å². The molecule has 3 N–H and O–H groups in total. The SMILES string of the molecule is CC(C)(C)OC(=O)Nc1ccc(C(CN)C(F)(F)F)c(Cl)c1. The molecule has 0 radical (unpaired) electrons. The molecule has 22 heavy (non-hydrogen) atoms. The number of nitrogens with two attached hydrogens (primary N) is 1. The van der Waals surface area contributed by atoms with Crippen LogP contribution >= 0.6 is 11.6 Å². The summed E-state index contributed by atoms with van der Waals surface area (Å²) in [5.74, 6) is -1.85. The number of anilines is 1. The fraction of sp³-hybridized carbons (Fsp3) is 0.500. The van der Waals surface area contributed by atoms with E-state index in [2.05, 4.69) is 5.32 Å². The lowest BCUT2D eigenvalue weighted by atomic mass is 9.98. The number of alkyl halides is 3. The number of carbonyl (C=O) groups is 1. The van der Waals surface area contributed by atoms with E-state index in [1.54, 1.807) is 20.8 Å². The minimum absolute atomic E-state index is 0.124. The molecule has 1 rings (SSSR count). The zero-order chi connectivity index (χ0) is 17.1. The summed E-state index contributed by atoms with van der Waals surface area (Å²) in [6, 6.07) is 3.74. The Balaban J connectivity index is 2.93. The van der Waals surface area contributed by atoms with Crippen molar-refractivity contribution in [2.45, 2.75) is 38.5 Å². The molecule has 1 unspecified atom stereocenters. The first-order chi connectivity index (χ1) is 9.94. The van der Waals surface area contributed by atoms with Crippen LogP contribution in [0.5, 0.6) is 0 Å². The normalized spacial score (nSPS) is 13.6. The van der Waals surface area contributed by atoms with Crippen LogP contribution in [0.15, 0.2) is 18.2 Å². The average molecular weight is 339 g/mol. The Morgan fingerprint density at radius 2 is 1.95 bits per heavy atom. The second-order valence-electron chi connectivity index (χ2n) is 5.69. The van der Waals surface area contributed by atoms with Gasteiger partial charge < -0.3 is 10.5 Å². The second-order valence-corrected chi connectivity index (χ2v) is 6.10. The minimum atomic E-state index is -4.49. The zero-order valence-corrected chi connectivity index (χ0v) is 13.2. The number of amides is 1. The number of hydrogen-bond acceptors (Lipinski definition) is 3. The molecule has 0 saturated heterocycles. The van der Waals surface area contributed by atoms with Crippen LogP contribution in [-0.2, 0) is 4.74 Å². The maximum Gasteiger partial charge on any atom is 0.412 e. The third-order valence-electron chi connectivity index (χ3n) is 2.65. The van der Waals surface area contributed by atoms with Gasteiger partial charge in [-0.25, -0.2) is 4.79 Å². The van der Waals surface area contributed by atoms with E-state index >= 15 is 0 Å². The number of carbonyl (C=O) groups excluding carboxylic acids is 1. The van der Waals surface area contributed by atoms with Crippen molar-refractivity contribution in [2.75, 3.05) is 11.9 Å². The lowest BCUT2D eigenvalue weighted by Crippen LogP contribution is -2.28. The molecule has 1 aromatic carbocycles. The number of halogens is 4. The lowest BCUT2D eigenvalue weighted by molar-refractivity contribution is -0.148. The number of rotatable bonds is 3. The van der Waals surface area contributed by atoms with Crippen LogP contribution in [0.25, 0.3) is 0 Å². The van der Waals surface area contributed by atoms with Crippen molar-refractivity contribution in [3.8, 4) is 0 Å². The van der Waals surface area contributed by atoms with E-state index in [0.29, 0.717) is 0 Å². The van der Waals surface area contributed by atoms with E-state index in [0.717, 1.165) is 0 Å². The summed E-state index contributed by atoms with van der Waals surface area (Å²) in [5, 5.41) is 2.28. The van der Waals surface area contributed by atoms with Crippen LogP contribution in [0.4, 0.5) is 23.7 Å². The second kappa shape index (κ2) is 6.75. The van der Waals surface area contributed by atoms with Gasteiger partial charge in [0.2, 0.25) is 0 Å². The van der Waals surface area contributed by atoms with Crippen molar-refractivity contribution in [3.63, 3.8) is 0 Å². The first-order valence-corrected chi connectivity index (χ1v) is 6.88. The molecule has 0 aliphatic rings. The van der Waals surface area contributed by atoms with Gasteiger partial charge in [0.15, 0.2) is 0 Å². The Morgan fingerprint density at radius 1 is 1.36 bits per heavy atom. The summed E-state index contributed by atoms with van der Waals surface area (Å²) < 4.78 is 43.6. The van der Waals surface area contributed by atoms with E-state index in [1.807, 2.05) is 0 Å². The topological polar surface area (TPSA) is 64.3 Å². The molecule has 1 amide bonds. The van der Waals surface area contributed by atoms with Crippen LogP contribution in [0, 0.1) is 0 Å². The van der Waals surface area contributed by atoms with E-state index in [4.69, 9.17) is 22.1 Å². The molecule has 0 aliphatic heterocycles. The Hall–Kier alpha value is -1.47. The van der Waals surface area contributed by atoms with Crippen molar-refractivity contribution in [1.29, 1.82) is 0 Å². The van der Waals surface area contributed by atoms with Crippen LogP contribution in [0.1, 0.15) is 32.3 Å². The van der Waals surface area contributed by atoms with E-state index in [-0.39, 0.29) is 16.3 Å². The van der Waals surface area contributed by atoms with Gasteiger partial charge in [0.05, 0.1) is 5.92 Å². The van der Waals surface area contributed by atoms with Crippen LogP contribution in [-0.4, -0.2) is 24.4 Å². The third kappa shape index (κ3) is 5.38. The number of ether oxygens (including phenoxy) is 1. The molecule has 1 atom stereocenters. The van der Waals surface area contributed by atoms with Gasteiger partial charge in [-0.1, -0.05) is 17.7 Å². The number of hydrogen-bond donors (Lipinski definition) is 2. The monoisotopic (exact) mass is 338 g/mol. The largest absolute Gasteiger partial charge is 0.444 e. The fourth-order valence-electron chi connectivity index (χ4n) is 1.75. The molecule has 0 aliphatic carbocycles. The number of benzene rings is 1. The molecular weight excluding hydrogens is 321 g/mol. The van der Waals surface area contributed by atoms with Gasteiger partial charge in [-0.15, -0.1) is 0 Å². The summed E-state index contributed by atoms with van der Waals surface area (Å²) in [6.07, 6.45) is -5.21. The highest BCUT2D eigenvalue weighted by Crippen LogP contribution is 2.38. The summed E-state index contributed by atoms with van der Waals surface area (Å²) in [7, 11) is 0. The van der Waals surface area contributed by atoms with Gasteiger partial charge in [0.25, 0.3) is 0 Å². The van der Waals surface area contributed by atoms with Gasteiger partial charge in [0.1, 0.15) is 5.60 Å². The van der Waals surface area contributed by atoms with Crippen molar-refractivity contribution in [2.24, 2.45) is 5.73 Å². The molecule has 0 fully saturated rings. The van der Waals surface area contributed by atoms with E-state index in [1.165, 1.54) is 18.2 Å². The van der Waals surface area contributed by atoms with Crippen LogP contribution in [0.2, 0.25) is 5.02 Å². The molecule has 0 aromatic heterocycles. The third-order valence-corrected chi connectivity index (χ3v) is 2.98. The summed E-state index contributed by atoms with van der Waals surface area (Å²) >= 11 is 5.88. The summed E-state index contributed by atoms with van der Waals surface area (Å²) in [5.41, 5.74) is 4.60. The minimum Gasteiger partial charge on any atom is -0.444 e. The molecule has 0 saturated carbocycles. The van der Waals surface area contributed by atoms with Crippen molar-refractivity contribution < 1.29 is 22.7 Å². The summed E-state index contributed by atoms with van der Waals surface area (Å²) in [6.45, 7) is 4.47. The molecule has 0 heterocycles. The highest BCUT2D eigenvalue weighted by atomic mass is 35.5. The van der Waals surface area contributed by atoms with Crippen molar-refractivity contribution >= 4 is 23.4 Å². The van der Waals surface area contributed by atoms with Gasteiger partial charge in [-0.05, 0) is 38.5 Å². The Labute approximate surface area is 131 Å². The molecule has 1 aromatic rings. The van der Waals surface area contributed by atoms with E-state index in [9.17, 15) is 18.0 Å². The highest BCUT2D eigenvalue weighted by molar-refractivity contribution is 6.31. The van der Waals surface area contributed by atoms with Gasteiger partial charge in [-0.3, -0.25) is 5.32 Å². The Kier molecular flexibility index (Phi) is 5.70. The standard InChI is InChI=1S/C14H18ClF3N2O2/c1-13(2,3)22-12(21)20-8-4-5-9(11(15)6-8)10(7-19)14(16,17)18/h4-6,10H,7,19H2,1-3H3,(H,20,21). The maximum atomic E-state index is 12.9. The number of nitrogens with one attached hydrogen (secondary N) is 1. The van der Waals surface area contributed by atoms with Crippen LogP contribution < -0.4 is 11.1 Å². The van der Waals surface area contributed by atoms with Crippen molar-refractivity contribution in [1.82, 2.24) is 0 Å². The Bertz CT molecular complexity index is 542. The quantitative estimate of drug-likeness (QED) is 0.864. The van der Waals surface area contributed by atoms with Crippen molar-refractivity contribution in [3.05, 3.63) is 28.8 Å². The van der Waals surface area contributed by atoms with Gasteiger partial charge >= 0.3 is 12.3 Å². The van der Waals surface area contributed by atoms with Gasteiger partial charge in [0, 0.05) is 17.3 Å². The molecule has 0 spiro atoms. The first kappa shape index (κ1) is 18.6. The molecule has 124 valence electrons. The molecule has 4 nitrogen and oxygen atoms in total. The van der Waals surface area contributed by atoms with Crippen LogP contribution in [0.3, 0.4) is 0 Å². The Morgan fingerprint density at radius 3 is 2.36 bits per heavy atom. The zero-order valence-electron chi connectivity index (χ0n) is 12.4. The predicted molar refractivity (Wildman–Crippen MR) is 79.2 cm³/mol. The molecule has 8 heteroatoms. The summed E-state index contributed by atoms with van der Waals surface area (Å²) in [4.78, 5) is 11.6. The molecule has 0 bridgehead atoms. The fourth-order valence-corrected chi connectivity index (χ4v) is 2.06.